The number of halogens is 2. The van der Waals surface area contributed by atoms with Crippen LogP contribution in [0.3, 0.4) is 0 Å². The molecule has 0 fully saturated rings. The SMILES string of the molecule is CC(C)(c1c(-c2ccccc2F)c(-n2c3ccccc3c3ccc4oc5ccccc5c4c32)cc(-n2c3ccccc3c3ccc4oc5ccccc5c4c32)c1-c1ccccc1F)n1c2ccccc2c2ccccc21. The summed E-state index contributed by atoms with van der Waals surface area (Å²) in [5, 5.41) is 10.0. The van der Waals surface area contributed by atoms with E-state index in [9.17, 15) is 0 Å². The van der Waals surface area contributed by atoms with Crippen LogP contribution in [0.5, 0.6) is 0 Å². The van der Waals surface area contributed by atoms with E-state index in [4.69, 9.17) is 8.83 Å². The molecule has 0 radical (unpaired) electrons. The quantitative estimate of drug-likeness (QED) is 0.167. The van der Waals surface area contributed by atoms with Gasteiger partial charge in [-0.05, 0) is 98.3 Å². The molecule has 0 spiro atoms. The second kappa shape index (κ2) is 15.7. The summed E-state index contributed by atoms with van der Waals surface area (Å²) in [5.74, 6) is -0.809. The van der Waals surface area contributed by atoms with Crippen molar-refractivity contribution in [3.05, 3.63) is 242 Å². The normalized spacial score (nSPS) is 12.5. The first-order valence-corrected chi connectivity index (χ1v) is 25.7. The van der Waals surface area contributed by atoms with Crippen molar-refractivity contribution in [2.24, 2.45) is 0 Å². The second-order valence-corrected chi connectivity index (χ2v) is 20.5. The number of benzene rings is 11. The van der Waals surface area contributed by atoms with Gasteiger partial charge >= 0.3 is 0 Å². The van der Waals surface area contributed by atoms with Crippen LogP contribution in [0.15, 0.2) is 233 Å². The molecule has 0 aliphatic heterocycles. The van der Waals surface area contributed by atoms with Crippen LogP contribution in [0.25, 0.3) is 143 Å². The van der Waals surface area contributed by atoms with Crippen molar-refractivity contribution in [3.63, 3.8) is 0 Å². The molecule has 5 heterocycles. The minimum Gasteiger partial charge on any atom is -0.456 e. The van der Waals surface area contributed by atoms with E-state index < -0.39 is 17.2 Å². The molecule has 0 unspecified atom stereocenters. The highest BCUT2D eigenvalue weighted by molar-refractivity contribution is 6.26. The Morgan fingerprint density at radius 1 is 0.342 bits per heavy atom. The van der Waals surface area contributed by atoms with Crippen LogP contribution in [0.1, 0.15) is 19.4 Å². The van der Waals surface area contributed by atoms with E-state index in [2.05, 4.69) is 167 Å². The molecule has 0 saturated carbocycles. The molecule has 0 saturated heterocycles. The Kier molecular flexibility index (Phi) is 8.80. The van der Waals surface area contributed by atoms with Crippen LogP contribution in [0, 0.1) is 11.6 Å². The third-order valence-electron chi connectivity index (χ3n) is 16.2. The standard InChI is InChI=1S/C69H43F2N3O2/c1-69(2,74-54-31-15-7-19-40(54)41-20-8-16-32-55(41)74)66-62(46-23-3-11-27-50(46)70)56(72-52-29-13-5-21-42(52)44-35-37-60-64(67(44)72)48-25-9-17-33-58(48)75-60)39-57(63(66)47-24-4-12-28-51(47)71)73-53-30-14-6-22-43(53)45-36-38-61-65(68(45)73)49-26-10-18-34-59(49)76-61/h3-39H,1-2H3. The molecule has 0 amide bonds. The van der Waals surface area contributed by atoms with E-state index in [0.717, 1.165) is 115 Å². The zero-order chi connectivity index (χ0) is 50.6. The highest BCUT2D eigenvalue weighted by Gasteiger charge is 2.39. The summed E-state index contributed by atoms with van der Waals surface area (Å²) in [6.07, 6.45) is 0. The van der Waals surface area contributed by atoms with E-state index in [1.807, 2.05) is 60.7 Å². The van der Waals surface area contributed by atoms with Gasteiger partial charge in [-0.15, -0.1) is 0 Å². The first-order chi connectivity index (χ1) is 37.3. The van der Waals surface area contributed by atoms with Gasteiger partial charge in [0, 0.05) is 76.4 Å². The van der Waals surface area contributed by atoms with Gasteiger partial charge in [-0.2, -0.15) is 0 Å². The summed E-state index contributed by atoms with van der Waals surface area (Å²) in [4.78, 5) is 0. The summed E-state index contributed by atoms with van der Waals surface area (Å²) in [6.45, 7) is 4.43. The monoisotopic (exact) mass is 983 g/mol. The molecule has 76 heavy (non-hydrogen) atoms. The number of hydrogen-bond acceptors (Lipinski definition) is 2. The highest BCUT2D eigenvalue weighted by atomic mass is 19.1. The van der Waals surface area contributed by atoms with Gasteiger partial charge in [0.1, 0.15) is 34.0 Å². The van der Waals surface area contributed by atoms with E-state index in [0.29, 0.717) is 33.6 Å². The number of fused-ring (bicyclic) bond motifs is 17. The van der Waals surface area contributed by atoms with Crippen molar-refractivity contribution in [3.8, 4) is 33.6 Å². The molecule has 5 aromatic heterocycles. The van der Waals surface area contributed by atoms with Crippen molar-refractivity contribution < 1.29 is 17.6 Å². The lowest BCUT2D eigenvalue weighted by Gasteiger charge is -2.37. The Morgan fingerprint density at radius 3 is 1.13 bits per heavy atom. The molecule has 0 aliphatic carbocycles. The van der Waals surface area contributed by atoms with Gasteiger partial charge in [-0.3, -0.25) is 0 Å². The van der Waals surface area contributed by atoms with Crippen LogP contribution >= 0.6 is 0 Å². The van der Waals surface area contributed by atoms with Crippen molar-refractivity contribution in [2.75, 3.05) is 0 Å². The van der Waals surface area contributed by atoms with Crippen molar-refractivity contribution in [1.29, 1.82) is 0 Å². The number of para-hydroxylation sites is 6. The van der Waals surface area contributed by atoms with E-state index in [1.54, 1.807) is 12.1 Å². The molecular weight excluding hydrogens is 941 g/mol. The Hall–Kier alpha value is -9.72. The molecule has 0 atom stereocenters. The van der Waals surface area contributed by atoms with Gasteiger partial charge in [0.2, 0.25) is 0 Å². The number of nitrogens with zero attached hydrogens (tertiary/aromatic N) is 3. The Bertz CT molecular complexity index is 4830. The van der Waals surface area contributed by atoms with Gasteiger partial charge in [0.15, 0.2) is 0 Å². The average Bonchev–Trinajstić information content (AvgIpc) is 4.31. The van der Waals surface area contributed by atoms with E-state index >= 15 is 8.78 Å². The third-order valence-corrected chi connectivity index (χ3v) is 16.2. The number of furan rings is 2. The maximum absolute atomic E-state index is 17.9. The smallest absolute Gasteiger partial charge is 0.137 e. The number of aromatic nitrogens is 3. The average molecular weight is 984 g/mol. The maximum atomic E-state index is 17.9. The first-order valence-electron chi connectivity index (χ1n) is 25.7. The highest BCUT2D eigenvalue weighted by Crippen LogP contribution is 2.54. The molecule has 0 aliphatic rings. The van der Waals surface area contributed by atoms with Crippen molar-refractivity contribution in [1.82, 2.24) is 13.7 Å². The van der Waals surface area contributed by atoms with Crippen LogP contribution in [-0.4, -0.2) is 13.7 Å². The Morgan fingerprint density at radius 2 is 0.697 bits per heavy atom. The van der Waals surface area contributed by atoms with Crippen LogP contribution in [0.4, 0.5) is 8.78 Å². The fraction of sp³-hybridized carbons (Fsp3) is 0.0435. The van der Waals surface area contributed by atoms with Crippen LogP contribution in [0.2, 0.25) is 0 Å². The second-order valence-electron chi connectivity index (χ2n) is 20.5. The van der Waals surface area contributed by atoms with E-state index in [-0.39, 0.29) is 0 Å². The summed E-state index contributed by atoms with van der Waals surface area (Å²) in [6, 6.07) is 74.9. The van der Waals surface area contributed by atoms with Gasteiger partial charge in [0.05, 0.1) is 49.8 Å². The van der Waals surface area contributed by atoms with Gasteiger partial charge in [-0.25, -0.2) is 8.78 Å². The van der Waals surface area contributed by atoms with Crippen LogP contribution < -0.4 is 0 Å². The summed E-state index contributed by atoms with van der Waals surface area (Å²) in [5.41, 5.74) is 11.7. The number of rotatable bonds is 6. The third kappa shape index (κ3) is 5.71. The molecule has 11 aromatic carbocycles. The maximum Gasteiger partial charge on any atom is 0.137 e. The largest absolute Gasteiger partial charge is 0.456 e. The molecular formula is C69H43F2N3O2. The van der Waals surface area contributed by atoms with Gasteiger partial charge < -0.3 is 22.5 Å². The van der Waals surface area contributed by atoms with Gasteiger partial charge in [-0.1, -0.05) is 146 Å². The van der Waals surface area contributed by atoms with Crippen molar-refractivity contribution >= 4 is 109 Å². The minimum atomic E-state index is -1.07. The lowest BCUT2D eigenvalue weighted by Crippen LogP contribution is -2.30. The number of hydrogen-bond donors (Lipinski definition) is 0. The predicted molar refractivity (Wildman–Crippen MR) is 308 cm³/mol. The zero-order valence-corrected chi connectivity index (χ0v) is 41.3. The minimum absolute atomic E-state index is 0.381. The predicted octanol–water partition coefficient (Wildman–Crippen LogP) is 19.2. The Balaban J connectivity index is 1.23. The molecule has 7 heteroatoms. The van der Waals surface area contributed by atoms with Gasteiger partial charge in [0.25, 0.3) is 0 Å². The molecule has 16 aromatic rings. The summed E-state index contributed by atoms with van der Waals surface area (Å²) >= 11 is 0. The Labute approximate surface area is 433 Å². The lowest BCUT2D eigenvalue weighted by molar-refractivity contribution is 0.466. The van der Waals surface area contributed by atoms with E-state index in [1.165, 1.54) is 12.1 Å². The molecule has 16 rings (SSSR count). The van der Waals surface area contributed by atoms with Crippen molar-refractivity contribution in [2.45, 2.75) is 19.4 Å². The lowest BCUT2D eigenvalue weighted by atomic mass is 9.78. The molecule has 0 N–H and O–H groups in total. The molecule has 360 valence electrons. The summed E-state index contributed by atoms with van der Waals surface area (Å²) in [7, 11) is 0. The fourth-order valence-corrected chi connectivity index (χ4v) is 13.2. The fourth-order valence-electron chi connectivity index (χ4n) is 13.2. The first kappa shape index (κ1) is 42.8. The topological polar surface area (TPSA) is 41.1 Å². The zero-order valence-electron chi connectivity index (χ0n) is 41.3. The summed E-state index contributed by atoms with van der Waals surface area (Å²) < 4.78 is 56.3. The molecule has 0 bridgehead atoms. The van der Waals surface area contributed by atoms with Crippen LogP contribution in [-0.2, 0) is 5.54 Å². The molecule has 5 nitrogen and oxygen atoms in total.